The summed E-state index contributed by atoms with van der Waals surface area (Å²) < 4.78 is 5.94. The summed E-state index contributed by atoms with van der Waals surface area (Å²) >= 11 is 0. The summed E-state index contributed by atoms with van der Waals surface area (Å²) in [6.07, 6.45) is 3.46. The predicted molar refractivity (Wildman–Crippen MR) is 102 cm³/mol. The van der Waals surface area contributed by atoms with E-state index in [1.165, 1.54) is 11.1 Å². The van der Waals surface area contributed by atoms with Crippen LogP contribution in [0.1, 0.15) is 43.7 Å². The molecule has 6 heteroatoms. The van der Waals surface area contributed by atoms with E-state index in [0.29, 0.717) is 6.54 Å². The Morgan fingerprint density at radius 1 is 1.22 bits per heavy atom. The molecule has 3 atom stereocenters. The van der Waals surface area contributed by atoms with Crippen molar-refractivity contribution in [3.63, 3.8) is 0 Å². The second kappa shape index (κ2) is 7.24. The number of carbonyl (C=O) groups excluding carboxylic acids is 2. The zero-order valence-corrected chi connectivity index (χ0v) is 16.2. The molecular formula is C21H29N3O3. The van der Waals surface area contributed by atoms with Gasteiger partial charge in [0, 0.05) is 39.7 Å². The maximum Gasteiger partial charge on any atom is 0.237 e. The molecule has 6 nitrogen and oxygen atoms in total. The number of hydrogen-bond donors (Lipinski definition) is 1. The molecule has 0 aromatic heterocycles. The molecule has 27 heavy (non-hydrogen) atoms. The van der Waals surface area contributed by atoms with E-state index in [2.05, 4.69) is 34.5 Å². The summed E-state index contributed by atoms with van der Waals surface area (Å²) in [6.45, 7) is 4.41. The summed E-state index contributed by atoms with van der Waals surface area (Å²) in [4.78, 5) is 28.8. The van der Waals surface area contributed by atoms with Gasteiger partial charge in [-0.05, 0) is 36.8 Å². The van der Waals surface area contributed by atoms with E-state index < -0.39 is 0 Å². The Balaban J connectivity index is 1.43. The van der Waals surface area contributed by atoms with E-state index in [-0.39, 0.29) is 29.5 Å². The van der Waals surface area contributed by atoms with Crippen LogP contribution < -0.4 is 5.32 Å². The minimum atomic E-state index is -0.251. The van der Waals surface area contributed by atoms with Crippen LogP contribution in [-0.4, -0.2) is 59.5 Å². The van der Waals surface area contributed by atoms with Gasteiger partial charge in [0.25, 0.3) is 0 Å². The Kier molecular flexibility index (Phi) is 4.95. The lowest BCUT2D eigenvalue weighted by Gasteiger charge is -2.44. The van der Waals surface area contributed by atoms with Crippen molar-refractivity contribution in [3.8, 4) is 0 Å². The van der Waals surface area contributed by atoms with Gasteiger partial charge in [0.2, 0.25) is 11.8 Å². The second-order valence-corrected chi connectivity index (χ2v) is 8.21. The lowest BCUT2D eigenvalue weighted by Crippen LogP contribution is -2.56. The smallest absolute Gasteiger partial charge is 0.237 e. The van der Waals surface area contributed by atoms with E-state index in [4.69, 9.17) is 4.74 Å². The highest BCUT2D eigenvalue weighted by atomic mass is 16.5. The van der Waals surface area contributed by atoms with Crippen LogP contribution in [0.4, 0.5) is 0 Å². The molecule has 1 aromatic rings. The summed E-state index contributed by atoms with van der Waals surface area (Å²) in [6, 6.07) is 8.57. The highest BCUT2D eigenvalue weighted by molar-refractivity contribution is 5.79. The third kappa shape index (κ3) is 3.48. The number of nitrogens with zero attached hydrogens (tertiary/aromatic N) is 2. The monoisotopic (exact) mass is 371 g/mol. The molecule has 3 aliphatic rings. The van der Waals surface area contributed by atoms with Crippen LogP contribution in [0.3, 0.4) is 0 Å². The molecule has 0 unspecified atom stereocenters. The normalized spacial score (nSPS) is 30.1. The fraction of sp³-hybridized carbons (Fsp3) is 0.619. The molecule has 1 N–H and O–H groups in total. The minimum Gasteiger partial charge on any atom is -0.376 e. The number of methoxy groups -OCH3 is 1. The van der Waals surface area contributed by atoms with Crippen LogP contribution >= 0.6 is 0 Å². The molecule has 2 fully saturated rings. The zero-order chi connectivity index (χ0) is 19.0. The van der Waals surface area contributed by atoms with E-state index >= 15 is 0 Å². The first-order valence-corrected chi connectivity index (χ1v) is 9.91. The molecule has 1 saturated carbocycles. The first-order valence-electron chi connectivity index (χ1n) is 9.91. The first kappa shape index (κ1) is 18.4. The van der Waals surface area contributed by atoms with Gasteiger partial charge < -0.3 is 15.0 Å². The van der Waals surface area contributed by atoms with Gasteiger partial charge in [0.15, 0.2) is 0 Å². The Morgan fingerprint density at radius 2 is 1.93 bits per heavy atom. The van der Waals surface area contributed by atoms with E-state index in [0.717, 1.165) is 45.3 Å². The Hall–Kier alpha value is -1.92. The third-order valence-electron chi connectivity index (χ3n) is 6.58. The molecule has 1 saturated heterocycles. The highest BCUT2D eigenvalue weighted by Crippen LogP contribution is 2.42. The molecule has 1 aliphatic carbocycles. The topological polar surface area (TPSA) is 61.9 Å². The number of nitrogens with one attached hydrogen (secondary N) is 1. The molecule has 146 valence electrons. The summed E-state index contributed by atoms with van der Waals surface area (Å²) in [5.41, 5.74) is 2.39. The minimum absolute atomic E-state index is 0.00405. The Labute approximate surface area is 160 Å². The van der Waals surface area contributed by atoms with Crippen LogP contribution in [0.15, 0.2) is 24.3 Å². The van der Waals surface area contributed by atoms with Gasteiger partial charge in [-0.25, -0.2) is 0 Å². The molecule has 2 heterocycles. The van der Waals surface area contributed by atoms with Gasteiger partial charge in [-0.15, -0.1) is 0 Å². The predicted octanol–water partition coefficient (Wildman–Crippen LogP) is 1.68. The van der Waals surface area contributed by atoms with Crippen molar-refractivity contribution >= 4 is 11.8 Å². The molecule has 4 rings (SSSR count). The van der Waals surface area contributed by atoms with Crippen LogP contribution in [0.5, 0.6) is 0 Å². The molecule has 2 amide bonds. The first-order chi connectivity index (χ1) is 13.0. The lowest BCUT2D eigenvalue weighted by atomic mass is 9.78. The van der Waals surface area contributed by atoms with Gasteiger partial charge in [-0.1, -0.05) is 24.3 Å². The quantitative estimate of drug-likeness (QED) is 0.875. The van der Waals surface area contributed by atoms with Gasteiger partial charge in [-0.2, -0.15) is 0 Å². The number of likely N-dealkylation sites (tertiary alicyclic amines) is 1. The number of amides is 2. The van der Waals surface area contributed by atoms with Crippen molar-refractivity contribution in [2.75, 3.05) is 20.2 Å². The van der Waals surface area contributed by atoms with Crippen molar-refractivity contribution in [3.05, 3.63) is 35.4 Å². The largest absolute Gasteiger partial charge is 0.376 e. The number of ether oxygens (including phenoxy) is 1. The number of rotatable bonds is 4. The Bertz CT molecular complexity index is 712. The SMILES string of the molecule is CO[C@@]12CC[C@@H](NC(C)=O)C[C@@H]1N(C(=O)CN1Cc3ccccc3C1)CC2. The van der Waals surface area contributed by atoms with Crippen molar-refractivity contribution in [2.24, 2.45) is 0 Å². The summed E-state index contributed by atoms with van der Waals surface area (Å²) in [5, 5.41) is 3.04. The summed E-state index contributed by atoms with van der Waals surface area (Å²) in [5.74, 6) is 0.172. The lowest BCUT2D eigenvalue weighted by molar-refractivity contribution is -0.139. The average Bonchev–Trinajstić information content (AvgIpc) is 3.22. The van der Waals surface area contributed by atoms with E-state index in [9.17, 15) is 9.59 Å². The van der Waals surface area contributed by atoms with Crippen LogP contribution in [0.2, 0.25) is 0 Å². The molecular weight excluding hydrogens is 342 g/mol. The zero-order valence-electron chi connectivity index (χ0n) is 16.2. The number of fused-ring (bicyclic) bond motifs is 2. The molecule has 0 spiro atoms. The fourth-order valence-corrected chi connectivity index (χ4v) is 5.21. The molecule has 0 radical (unpaired) electrons. The standard InChI is InChI=1S/C21H29N3O3/c1-15(25)22-18-7-8-21(27-2)9-10-24(19(21)11-18)20(26)14-23-12-16-5-3-4-6-17(16)13-23/h3-6,18-19H,7-14H2,1-2H3,(H,22,25)/t18-,19+,21-/m1/s1. The van der Waals surface area contributed by atoms with Crippen LogP contribution in [-0.2, 0) is 27.4 Å². The molecule has 2 aliphatic heterocycles. The Morgan fingerprint density at radius 3 is 2.56 bits per heavy atom. The van der Waals surface area contributed by atoms with Crippen LogP contribution in [0, 0.1) is 0 Å². The fourth-order valence-electron chi connectivity index (χ4n) is 5.21. The van der Waals surface area contributed by atoms with E-state index in [1.54, 1.807) is 14.0 Å². The third-order valence-corrected chi connectivity index (χ3v) is 6.58. The summed E-state index contributed by atoms with van der Waals surface area (Å²) in [7, 11) is 1.76. The van der Waals surface area contributed by atoms with Gasteiger partial charge >= 0.3 is 0 Å². The molecule has 1 aromatic carbocycles. The van der Waals surface area contributed by atoms with E-state index in [1.807, 2.05) is 4.90 Å². The second-order valence-electron chi connectivity index (χ2n) is 8.21. The average molecular weight is 371 g/mol. The van der Waals surface area contributed by atoms with Gasteiger partial charge in [0.05, 0.1) is 18.2 Å². The highest BCUT2D eigenvalue weighted by Gasteiger charge is 2.52. The van der Waals surface area contributed by atoms with Gasteiger partial charge in [0.1, 0.15) is 0 Å². The van der Waals surface area contributed by atoms with Crippen molar-refractivity contribution < 1.29 is 14.3 Å². The van der Waals surface area contributed by atoms with Crippen molar-refractivity contribution in [1.29, 1.82) is 0 Å². The number of carbonyl (C=O) groups is 2. The molecule has 0 bridgehead atoms. The van der Waals surface area contributed by atoms with Crippen molar-refractivity contribution in [1.82, 2.24) is 15.1 Å². The number of benzene rings is 1. The van der Waals surface area contributed by atoms with Crippen molar-refractivity contribution in [2.45, 2.75) is 63.4 Å². The van der Waals surface area contributed by atoms with Gasteiger partial charge in [-0.3, -0.25) is 14.5 Å². The van der Waals surface area contributed by atoms with Crippen LogP contribution in [0.25, 0.3) is 0 Å². The maximum absolute atomic E-state index is 13.1. The number of hydrogen-bond acceptors (Lipinski definition) is 4. The maximum atomic E-state index is 13.1.